The van der Waals surface area contributed by atoms with Gasteiger partial charge in [-0.2, -0.15) is 10.2 Å². The van der Waals surface area contributed by atoms with Gasteiger partial charge in [-0.15, -0.1) is 0 Å². The van der Waals surface area contributed by atoms with Crippen molar-refractivity contribution in [3.05, 3.63) is 53.9 Å². The Hall–Kier alpha value is -2.43. The average molecular weight is 296 g/mol. The first kappa shape index (κ1) is 14.5. The molecule has 0 spiro atoms. The van der Waals surface area contributed by atoms with Gasteiger partial charge in [-0.25, -0.2) is 5.43 Å². The van der Waals surface area contributed by atoms with Gasteiger partial charge in [0.15, 0.2) is 0 Å². The highest BCUT2D eigenvalue weighted by Gasteiger charge is 2.19. The number of benzene rings is 1. The first-order valence-corrected chi connectivity index (χ1v) is 7.63. The zero-order valence-corrected chi connectivity index (χ0v) is 12.7. The number of hydrogen-bond donors (Lipinski definition) is 1. The summed E-state index contributed by atoms with van der Waals surface area (Å²) in [4.78, 5) is 12.0. The number of amides is 1. The molecule has 1 saturated carbocycles. The maximum absolute atomic E-state index is 12.0. The van der Waals surface area contributed by atoms with Crippen LogP contribution in [0, 0.1) is 0 Å². The maximum Gasteiger partial charge on any atom is 0.289 e. The van der Waals surface area contributed by atoms with Crippen molar-refractivity contribution in [1.29, 1.82) is 0 Å². The van der Waals surface area contributed by atoms with Gasteiger partial charge in [0.1, 0.15) is 5.69 Å². The summed E-state index contributed by atoms with van der Waals surface area (Å²) in [6.45, 7) is 0. The molecule has 0 unspecified atom stereocenters. The molecule has 1 aromatic carbocycles. The van der Waals surface area contributed by atoms with Crippen LogP contribution < -0.4 is 5.43 Å². The van der Waals surface area contributed by atoms with Crippen LogP contribution in [0.4, 0.5) is 0 Å². The lowest BCUT2D eigenvalue weighted by Gasteiger charge is -2.23. The number of hydrazone groups is 1. The third kappa shape index (κ3) is 3.24. The van der Waals surface area contributed by atoms with E-state index in [2.05, 4.69) is 39.9 Å². The fraction of sp³-hybridized carbons (Fsp3) is 0.353. The Kier molecular flexibility index (Phi) is 4.32. The Morgan fingerprint density at radius 1 is 1.23 bits per heavy atom. The van der Waals surface area contributed by atoms with Crippen LogP contribution in [0.2, 0.25) is 0 Å². The van der Waals surface area contributed by atoms with Gasteiger partial charge in [0.05, 0.1) is 0 Å². The van der Waals surface area contributed by atoms with E-state index >= 15 is 0 Å². The molecular formula is C17H20N4O. The summed E-state index contributed by atoms with van der Waals surface area (Å²) in [6, 6.07) is 12.3. The molecule has 1 aliphatic carbocycles. The topological polar surface area (TPSA) is 59.3 Å². The van der Waals surface area contributed by atoms with Crippen molar-refractivity contribution < 1.29 is 4.79 Å². The summed E-state index contributed by atoms with van der Waals surface area (Å²) < 4.78 is 1.54. The largest absolute Gasteiger partial charge is 0.289 e. The smallest absolute Gasteiger partial charge is 0.266 e. The van der Waals surface area contributed by atoms with Crippen LogP contribution in [0.5, 0.6) is 0 Å². The van der Waals surface area contributed by atoms with Crippen LogP contribution in [0.1, 0.15) is 47.7 Å². The number of hydrogen-bond acceptors (Lipinski definition) is 3. The molecule has 1 heterocycles. The zero-order chi connectivity index (χ0) is 15.4. The summed E-state index contributed by atoms with van der Waals surface area (Å²) in [5.41, 5.74) is 5.63. The third-order valence-electron chi connectivity index (χ3n) is 4.20. The summed E-state index contributed by atoms with van der Waals surface area (Å²) >= 11 is 0. The molecule has 0 aliphatic heterocycles. The van der Waals surface area contributed by atoms with Gasteiger partial charge in [-0.1, -0.05) is 30.3 Å². The number of nitrogens with one attached hydrogen (secondary N) is 1. The van der Waals surface area contributed by atoms with E-state index in [4.69, 9.17) is 0 Å². The average Bonchev–Trinajstić information content (AvgIpc) is 3.00. The number of aromatic nitrogens is 2. The monoisotopic (exact) mass is 296 g/mol. The first-order chi connectivity index (χ1) is 10.7. The number of nitrogens with zero attached hydrogens (tertiary/aromatic N) is 3. The molecule has 114 valence electrons. The van der Waals surface area contributed by atoms with E-state index in [1.54, 1.807) is 24.0 Å². The van der Waals surface area contributed by atoms with E-state index in [1.165, 1.54) is 5.56 Å². The van der Waals surface area contributed by atoms with Crippen molar-refractivity contribution >= 4 is 11.6 Å². The molecular weight excluding hydrogens is 276 g/mol. The van der Waals surface area contributed by atoms with E-state index in [1.807, 2.05) is 6.07 Å². The normalized spacial score (nSPS) is 18.0. The number of carbonyl (C=O) groups excluding carboxylic acids is 1. The van der Waals surface area contributed by atoms with Gasteiger partial charge >= 0.3 is 0 Å². The van der Waals surface area contributed by atoms with E-state index in [-0.39, 0.29) is 5.91 Å². The predicted molar refractivity (Wildman–Crippen MR) is 85.8 cm³/mol. The van der Waals surface area contributed by atoms with Crippen molar-refractivity contribution in [1.82, 2.24) is 15.2 Å². The van der Waals surface area contributed by atoms with E-state index in [0.717, 1.165) is 31.4 Å². The molecule has 5 nitrogen and oxygen atoms in total. The summed E-state index contributed by atoms with van der Waals surface area (Å²) in [6.07, 6.45) is 5.65. The van der Waals surface area contributed by atoms with E-state index in [0.29, 0.717) is 11.6 Å². The van der Waals surface area contributed by atoms with Crippen LogP contribution >= 0.6 is 0 Å². The molecule has 1 amide bonds. The molecule has 1 aliphatic rings. The molecule has 2 aromatic rings. The highest BCUT2D eigenvalue weighted by Crippen LogP contribution is 2.31. The Bertz CT molecular complexity index is 665. The van der Waals surface area contributed by atoms with E-state index in [9.17, 15) is 4.79 Å². The van der Waals surface area contributed by atoms with Crippen LogP contribution in [0.3, 0.4) is 0 Å². The fourth-order valence-corrected chi connectivity index (χ4v) is 2.91. The van der Waals surface area contributed by atoms with Gasteiger partial charge in [0, 0.05) is 19.0 Å². The lowest BCUT2D eigenvalue weighted by atomic mass is 9.83. The molecule has 1 N–H and O–H groups in total. The molecule has 0 atom stereocenters. The lowest BCUT2D eigenvalue weighted by molar-refractivity contribution is 0.0945. The first-order valence-electron chi connectivity index (χ1n) is 7.63. The van der Waals surface area contributed by atoms with Gasteiger partial charge < -0.3 is 0 Å². The molecule has 22 heavy (non-hydrogen) atoms. The summed E-state index contributed by atoms with van der Waals surface area (Å²) in [5, 5.41) is 8.27. The van der Waals surface area contributed by atoms with Crippen molar-refractivity contribution in [2.75, 3.05) is 0 Å². The van der Waals surface area contributed by atoms with E-state index < -0.39 is 0 Å². The second-order valence-electron chi connectivity index (χ2n) is 5.64. The predicted octanol–water partition coefficient (Wildman–Crippen LogP) is 2.86. The minimum atomic E-state index is -0.210. The summed E-state index contributed by atoms with van der Waals surface area (Å²) in [7, 11) is 1.74. The highest BCUT2D eigenvalue weighted by molar-refractivity contribution is 5.94. The van der Waals surface area contributed by atoms with Gasteiger partial charge in [0.25, 0.3) is 5.91 Å². The van der Waals surface area contributed by atoms with Gasteiger partial charge in [-0.3, -0.25) is 9.48 Å². The van der Waals surface area contributed by atoms with Crippen molar-refractivity contribution in [3.8, 4) is 0 Å². The minimum Gasteiger partial charge on any atom is -0.266 e. The van der Waals surface area contributed by atoms with Crippen molar-refractivity contribution in [2.24, 2.45) is 12.1 Å². The van der Waals surface area contributed by atoms with Gasteiger partial charge in [0.2, 0.25) is 0 Å². The van der Waals surface area contributed by atoms with Crippen LogP contribution in [0.25, 0.3) is 0 Å². The van der Waals surface area contributed by atoms with Crippen LogP contribution in [-0.4, -0.2) is 21.4 Å². The fourth-order valence-electron chi connectivity index (χ4n) is 2.91. The second-order valence-corrected chi connectivity index (χ2v) is 5.64. The Morgan fingerprint density at radius 2 is 1.95 bits per heavy atom. The molecule has 0 saturated heterocycles. The number of rotatable bonds is 3. The van der Waals surface area contributed by atoms with Crippen molar-refractivity contribution in [3.63, 3.8) is 0 Å². The Balaban J connectivity index is 1.55. The molecule has 1 fully saturated rings. The van der Waals surface area contributed by atoms with Gasteiger partial charge in [-0.05, 0) is 43.2 Å². The minimum absolute atomic E-state index is 0.210. The maximum atomic E-state index is 12.0. The lowest BCUT2D eigenvalue weighted by Crippen LogP contribution is -2.23. The molecule has 3 rings (SSSR count). The van der Waals surface area contributed by atoms with Crippen LogP contribution in [0.15, 0.2) is 47.7 Å². The molecule has 0 bridgehead atoms. The number of aryl methyl sites for hydroxylation is 1. The standard InChI is InChI=1S/C17H20N4O/c1-21-16(11-12-18-21)17(22)20-19-15-9-7-14(8-10-15)13-5-3-2-4-6-13/h2-6,11-12,14H,7-10H2,1H3,(H,20,22). The quantitative estimate of drug-likeness (QED) is 0.885. The third-order valence-corrected chi connectivity index (χ3v) is 4.20. The zero-order valence-electron chi connectivity index (χ0n) is 12.7. The highest BCUT2D eigenvalue weighted by atomic mass is 16.2. The number of carbonyl (C=O) groups is 1. The van der Waals surface area contributed by atoms with Crippen molar-refractivity contribution in [2.45, 2.75) is 31.6 Å². The SMILES string of the molecule is Cn1nccc1C(=O)NN=C1CCC(c2ccccc2)CC1. The summed E-state index contributed by atoms with van der Waals surface area (Å²) in [5.74, 6) is 0.394. The Morgan fingerprint density at radius 3 is 2.59 bits per heavy atom. The molecule has 0 radical (unpaired) electrons. The Labute approximate surface area is 130 Å². The van der Waals surface area contributed by atoms with Crippen LogP contribution in [-0.2, 0) is 7.05 Å². The molecule has 5 heteroatoms. The second kappa shape index (κ2) is 6.56. The molecule has 1 aromatic heterocycles.